The quantitative estimate of drug-likeness (QED) is 0.367. The van der Waals surface area contributed by atoms with Gasteiger partial charge in [0.05, 0.1) is 39.6 Å². The number of hydrogen-bond donors (Lipinski definition) is 1. The normalized spacial score (nSPS) is 11.2. The molecule has 10 heteroatoms. The molecule has 34 heavy (non-hydrogen) atoms. The number of para-hydroxylation sites is 1. The Bertz CT molecular complexity index is 1540. The molecule has 0 aliphatic carbocycles. The lowest BCUT2D eigenvalue weighted by Gasteiger charge is -2.09. The molecule has 3 aromatic heterocycles. The van der Waals surface area contributed by atoms with Gasteiger partial charge in [-0.05, 0) is 36.8 Å². The van der Waals surface area contributed by atoms with E-state index in [2.05, 4.69) is 20.5 Å². The first-order chi connectivity index (χ1) is 16.4. The largest absolute Gasteiger partial charge is 0.289 e. The molecule has 0 unspecified atom stereocenters. The molecule has 0 aliphatic heterocycles. The predicted molar refractivity (Wildman–Crippen MR) is 132 cm³/mol. The molecule has 170 valence electrons. The van der Waals surface area contributed by atoms with Gasteiger partial charge < -0.3 is 0 Å². The average Bonchev–Trinajstić information content (AvgIpc) is 3.41. The topological polar surface area (TPSA) is 90.5 Å². The molecule has 0 aliphatic rings. The Morgan fingerprint density at radius 1 is 1.09 bits per heavy atom. The zero-order valence-corrected chi connectivity index (χ0v) is 19.8. The van der Waals surface area contributed by atoms with E-state index in [1.807, 2.05) is 44.3 Å². The first-order valence-electron chi connectivity index (χ1n) is 10.4. The summed E-state index contributed by atoms with van der Waals surface area (Å²) in [6.45, 7) is 2.39. The number of amides is 1. The van der Waals surface area contributed by atoms with E-state index in [0.29, 0.717) is 33.4 Å². The van der Waals surface area contributed by atoms with Gasteiger partial charge in [0.25, 0.3) is 5.91 Å². The van der Waals surface area contributed by atoms with Crippen molar-refractivity contribution in [3.05, 3.63) is 87.9 Å². The number of aryl methyl sites for hydroxylation is 1. The van der Waals surface area contributed by atoms with Crippen molar-refractivity contribution in [3.63, 3.8) is 0 Å². The molecule has 1 N–H and O–H groups in total. The number of rotatable bonds is 5. The van der Waals surface area contributed by atoms with E-state index >= 15 is 0 Å². The van der Waals surface area contributed by atoms with E-state index < -0.39 is 0 Å². The first-order valence-corrected chi connectivity index (χ1v) is 11.2. The van der Waals surface area contributed by atoms with Crippen LogP contribution in [-0.4, -0.2) is 35.4 Å². The molecule has 0 saturated heterocycles. The summed E-state index contributed by atoms with van der Waals surface area (Å²) in [5.74, 6) is -0.126. The Morgan fingerprint density at radius 3 is 2.68 bits per heavy atom. The summed E-state index contributed by atoms with van der Waals surface area (Å²) in [5.41, 5.74) is 4.60. The van der Waals surface area contributed by atoms with Crippen LogP contribution in [0.2, 0.25) is 10.0 Å². The van der Waals surface area contributed by atoms with Gasteiger partial charge in [-0.25, -0.2) is 14.6 Å². The SMILES string of the molecule is Cc1c(-c2cc(C(=O)Nc3ncn(Cc4ccc(Cl)c(Cl)c4)n3)c3ccccc3n2)cnn1C. The number of nitrogens with zero attached hydrogens (tertiary/aromatic N) is 6. The minimum absolute atomic E-state index is 0.199. The average molecular weight is 492 g/mol. The van der Waals surface area contributed by atoms with E-state index in [-0.39, 0.29) is 11.9 Å². The molecule has 0 radical (unpaired) electrons. The van der Waals surface area contributed by atoms with E-state index in [4.69, 9.17) is 28.2 Å². The van der Waals surface area contributed by atoms with Crippen molar-refractivity contribution in [2.75, 3.05) is 5.32 Å². The lowest BCUT2D eigenvalue weighted by Crippen LogP contribution is -2.14. The van der Waals surface area contributed by atoms with Crippen LogP contribution in [0.25, 0.3) is 22.2 Å². The minimum atomic E-state index is -0.325. The first kappa shape index (κ1) is 22.1. The summed E-state index contributed by atoms with van der Waals surface area (Å²) in [6, 6.07) is 14.7. The second kappa shape index (κ2) is 8.89. The molecule has 0 bridgehead atoms. The number of anilines is 1. The summed E-state index contributed by atoms with van der Waals surface area (Å²) in [7, 11) is 1.87. The molecular formula is C24H19Cl2N7O. The van der Waals surface area contributed by atoms with Crippen molar-refractivity contribution in [1.29, 1.82) is 0 Å². The highest BCUT2D eigenvalue weighted by Crippen LogP contribution is 2.27. The fraction of sp³-hybridized carbons (Fsp3) is 0.125. The van der Waals surface area contributed by atoms with Crippen LogP contribution in [0.1, 0.15) is 21.6 Å². The van der Waals surface area contributed by atoms with Gasteiger partial charge in [0.1, 0.15) is 6.33 Å². The smallest absolute Gasteiger partial charge is 0.258 e. The summed E-state index contributed by atoms with van der Waals surface area (Å²) in [6.07, 6.45) is 3.30. The Kier molecular flexibility index (Phi) is 5.77. The highest BCUT2D eigenvalue weighted by Gasteiger charge is 2.17. The maximum absolute atomic E-state index is 13.3. The molecule has 0 fully saturated rings. The highest BCUT2D eigenvalue weighted by molar-refractivity contribution is 6.42. The number of hydrogen-bond acceptors (Lipinski definition) is 5. The molecule has 3 heterocycles. The lowest BCUT2D eigenvalue weighted by molar-refractivity contribution is 0.102. The second-order valence-corrected chi connectivity index (χ2v) is 8.62. The number of benzene rings is 2. The molecule has 8 nitrogen and oxygen atoms in total. The number of pyridine rings is 1. The van der Waals surface area contributed by atoms with E-state index in [1.165, 1.54) is 0 Å². The summed E-state index contributed by atoms with van der Waals surface area (Å²) < 4.78 is 3.39. The number of fused-ring (bicyclic) bond motifs is 1. The van der Waals surface area contributed by atoms with E-state index in [1.54, 1.807) is 40.1 Å². The van der Waals surface area contributed by atoms with Gasteiger partial charge >= 0.3 is 0 Å². The van der Waals surface area contributed by atoms with Gasteiger partial charge in [0.2, 0.25) is 5.95 Å². The van der Waals surface area contributed by atoms with Gasteiger partial charge in [-0.2, -0.15) is 5.10 Å². The Morgan fingerprint density at radius 2 is 1.91 bits per heavy atom. The Balaban J connectivity index is 1.43. The Labute approximate surface area is 205 Å². The maximum atomic E-state index is 13.3. The van der Waals surface area contributed by atoms with Crippen LogP contribution in [-0.2, 0) is 13.6 Å². The van der Waals surface area contributed by atoms with Crippen LogP contribution in [0.4, 0.5) is 5.95 Å². The van der Waals surface area contributed by atoms with E-state index in [9.17, 15) is 4.79 Å². The van der Waals surface area contributed by atoms with Gasteiger partial charge in [0.15, 0.2) is 0 Å². The molecule has 0 atom stereocenters. The third-order valence-corrected chi connectivity index (χ3v) is 6.30. The number of halogens is 2. The minimum Gasteiger partial charge on any atom is -0.289 e. The van der Waals surface area contributed by atoms with Crippen molar-refractivity contribution in [2.45, 2.75) is 13.5 Å². The number of carbonyl (C=O) groups is 1. The summed E-state index contributed by atoms with van der Waals surface area (Å²) in [5, 5.41) is 13.2. The number of aromatic nitrogens is 6. The second-order valence-electron chi connectivity index (χ2n) is 7.81. The Hall–Kier alpha value is -3.75. The van der Waals surface area contributed by atoms with Crippen LogP contribution >= 0.6 is 23.2 Å². The van der Waals surface area contributed by atoms with Crippen LogP contribution in [0.5, 0.6) is 0 Å². The fourth-order valence-corrected chi connectivity index (χ4v) is 3.99. The third kappa shape index (κ3) is 4.25. The molecular weight excluding hydrogens is 473 g/mol. The standard InChI is InChI=1S/C24H19Cl2N7O/c1-14-18(11-28-32(14)2)22-10-17(16-5-3-4-6-21(16)29-22)23(34)30-24-27-13-33(31-24)12-15-7-8-19(25)20(26)9-15/h3-11,13H,12H2,1-2H3,(H,30,31,34). The third-order valence-electron chi connectivity index (χ3n) is 5.56. The van der Waals surface area contributed by atoms with Gasteiger partial charge in [-0.15, -0.1) is 5.10 Å². The van der Waals surface area contributed by atoms with Crippen LogP contribution in [0.3, 0.4) is 0 Å². The number of nitrogens with one attached hydrogen (secondary N) is 1. The fourth-order valence-electron chi connectivity index (χ4n) is 3.67. The molecule has 5 rings (SSSR count). The maximum Gasteiger partial charge on any atom is 0.258 e. The predicted octanol–water partition coefficient (Wildman–Crippen LogP) is 5.14. The highest BCUT2D eigenvalue weighted by atomic mass is 35.5. The van der Waals surface area contributed by atoms with Gasteiger partial charge in [0, 0.05) is 23.7 Å². The zero-order chi connectivity index (χ0) is 23.8. The molecule has 1 amide bonds. The van der Waals surface area contributed by atoms with Crippen molar-refractivity contribution in [3.8, 4) is 11.3 Å². The molecule has 2 aromatic carbocycles. The van der Waals surface area contributed by atoms with Crippen LogP contribution in [0.15, 0.2) is 61.1 Å². The summed E-state index contributed by atoms with van der Waals surface area (Å²) >= 11 is 12.1. The zero-order valence-electron chi connectivity index (χ0n) is 18.3. The lowest BCUT2D eigenvalue weighted by atomic mass is 10.0. The van der Waals surface area contributed by atoms with Crippen molar-refractivity contribution in [1.82, 2.24) is 29.5 Å². The van der Waals surface area contributed by atoms with Crippen molar-refractivity contribution in [2.24, 2.45) is 7.05 Å². The van der Waals surface area contributed by atoms with Crippen LogP contribution < -0.4 is 5.32 Å². The molecule has 0 saturated carbocycles. The van der Waals surface area contributed by atoms with Gasteiger partial charge in [-0.1, -0.05) is 47.5 Å². The van der Waals surface area contributed by atoms with Crippen LogP contribution in [0, 0.1) is 6.92 Å². The summed E-state index contributed by atoms with van der Waals surface area (Å²) in [4.78, 5) is 22.2. The van der Waals surface area contributed by atoms with E-state index in [0.717, 1.165) is 22.2 Å². The molecule has 5 aromatic rings. The molecule has 0 spiro atoms. The van der Waals surface area contributed by atoms with Crippen molar-refractivity contribution < 1.29 is 4.79 Å². The van der Waals surface area contributed by atoms with Crippen molar-refractivity contribution >= 4 is 46.0 Å². The van der Waals surface area contributed by atoms with Gasteiger partial charge in [-0.3, -0.25) is 14.8 Å². The monoisotopic (exact) mass is 491 g/mol. The number of carbonyl (C=O) groups excluding carboxylic acids is 1.